The lowest BCUT2D eigenvalue weighted by molar-refractivity contribution is -0.142. The average molecular weight is 436 g/mol. The molecule has 2 amide bonds. The molecule has 0 radical (unpaired) electrons. The minimum absolute atomic E-state index is 0.0543. The number of thiol groups is 1. The van der Waals surface area contributed by atoms with E-state index in [2.05, 4.69) is 22.3 Å². The van der Waals surface area contributed by atoms with E-state index in [1.165, 1.54) is 24.6 Å². The molecule has 0 aromatic carbocycles. The van der Waals surface area contributed by atoms with E-state index in [1.54, 1.807) is 6.92 Å². The molecule has 28 heavy (non-hydrogen) atoms. The molecular weight excluding hydrogens is 406 g/mol. The van der Waals surface area contributed by atoms with E-state index in [9.17, 15) is 24.0 Å². The van der Waals surface area contributed by atoms with Crippen LogP contribution in [-0.4, -0.2) is 58.8 Å². The number of amides is 2. The van der Waals surface area contributed by atoms with Crippen LogP contribution in [0.15, 0.2) is 0 Å². The maximum Gasteiger partial charge on any atom is 0.327 e. The second-order valence-electron chi connectivity index (χ2n) is 6.66. The van der Waals surface area contributed by atoms with Gasteiger partial charge in [-0.1, -0.05) is 24.6 Å². The first-order chi connectivity index (χ1) is 13.0. The van der Waals surface area contributed by atoms with Crippen molar-refractivity contribution in [1.82, 2.24) is 10.6 Å². The Morgan fingerprint density at radius 3 is 2.04 bits per heavy atom. The molecule has 0 rings (SSSR count). The minimum Gasteiger partial charge on any atom is -0.480 e. The van der Waals surface area contributed by atoms with Crippen molar-refractivity contribution in [2.75, 3.05) is 12.3 Å². The lowest BCUT2D eigenvalue weighted by Crippen LogP contribution is -2.48. The molecule has 0 aliphatic carbocycles. The van der Waals surface area contributed by atoms with E-state index in [0.717, 1.165) is 0 Å². The van der Waals surface area contributed by atoms with Gasteiger partial charge in [-0.25, -0.2) is 4.79 Å². The van der Waals surface area contributed by atoms with E-state index in [1.807, 2.05) is 0 Å². The van der Waals surface area contributed by atoms with Gasteiger partial charge < -0.3 is 21.5 Å². The molecule has 0 aromatic heterocycles. The highest BCUT2D eigenvalue weighted by Gasteiger charge is 2.26. The SMILES string of the molecule is C[C@H](CC(=O)CCSS)C(=O)N[C@@H](C)C(=O)C[C@@H](C)C(=O)N[C@@H](CN)C(=O)O. The molecule has 0 unspecified atom stereocenters. The molecule has 160 valence electrons. The third-order valence-electron chi connectivity index (χ3n) is 4.10. The molecule has 0 aliphatic heterocycles. The van der Waals surface area contributed by atoms with Gasteiger partial charge in [0.2, 0.25) is 11.8 Å². The van der Waals surface area contributed by atoms with E-state index >= 15 is 0 Å². The van der Waals surface area contributed by atoms with Crippen LogP contribution < -0.4 is 16.4 Å². The Balaban J connectivity index is 4.53. The standard InChI is InChI=1S/C17H29N3O6S2/c1-9(6-12(21)4-5-28-27)15(23)19-11(3)14(22)7-10(2)16(24)20-13(8-18)17(25)26/h9-11,13,27H,4-8,18H2,1-3H3,(H,19,23)(H,20,24)(H,25,26)/t9-,10-,11+,13+/m1/s1. The van der Waals surface area contributed by atoms with Crippen molar-refractivity contribution in [3.05, 3.63) is 0 Å². The molecule has 0 heterocycles. The molecule has 0 bridgehead atoms. The highest BCUT2D eigenvalue weighted by Crippen LogP contribution is 2.12. The van der Waals surface area contributed by atoms with Crippen LogP contribution in [0.5, 0.6) is 0 Å². The summed E-state index contributed by atoms with van der Waals surface area (Å²) in [5.74, 6) is -3.50. The fourth-order valence-corrected chi connectivity index (χ4v) is 2.83. The summed E-state index contributed by atoms with van der Waals surface area (Å²) in [7, 11) is 1.25. The summed E-state index contributed by atoms with van der Waals surface area (Å²) in [6.07, 6.45) is 0.235. The largest absolute Gasteiger partial charge is 0.480 e. The van der Waals surface area contributed by atoms with Crippen LogP contribution >= 0.6 is 22.5 Å². The quantitative estimate of drug-likeness (QED) is 0.191. The first kappa shape index (κ1) is 26.4. The Labute approximate surface area is 173 Å². The molecule has 0 aliphatic rings. The minimum atomic E-state index is -1.26. The summed E-state index contributed by atoms with van der Waals surface area (Å²) in [6, 6.07) is -2.06. The normalized spacial score (nSPS) is 15.0. The second-order valence-corrected chi connectivity index (χ2v) is 8.10. The summed E-state index contributed by atoms with van der Waals surface area (Å²) < 4.78 is 0. The molecule has 0 saturated heterocycles. The van der Waals surface area contributed by atoms with Gasteiger partial charge in [0.25, 0.3) is 0 Å². The van der Waals surface area contributed by atoms with Gasteiger partial charge in [0, 0.05) is 43.4 Å². The maximum atomic E-state index is 12.3. The molecule has 0 aromatic rings. The van der Waals surface area contributed by atoms with Crippen LogP contribution in [0.2, 0.25) is 0 Å². The number of Topliss-reactive ketones (excluding diaryl/α,β-unsaturated/α-hetero) is 2. The molecule has 0 fully saturated rings. The number of carbonyl (C=O) groups excluding carboxylic acids is 4. The molecule has 4 atom stereocenters. The van der Waals surface area contributed by atoms with Crippen LogP contribution in [0.1, 0.15) is 40.0 Å². The fourth-order valence-electron chi connectivity index (χ4n) is 2.24. The monoisotopic (exact) mass is 435 g/mol. The van der Waals surface area contributed by atoms with Gasteiger partial charge >= 0.3 is 5.97 Å². The van der Waals surface area contributed by atoms with Gasteiger partial charge in [-0.3, -0.25) is 19.2 Å². The molecule has 0 saturated carbocycles. The van der Waals surface area contributed by atoms with Gasteiger partial charge in [-0.05, 0) is 6.92 Å². The van der Waals surface area contributed by atoms with E-state index in [4.69, 9.17) is 10.8 Å². The number of nitrogens with two attached hydrogens (primary N) is 1. The van der Waals surface area contributed by atoms with Crippen molar-refractivity contribution < 1.29 is 29.1 Å². The number of hydrogen-bond donors (Lipinski definition) is 5. The van der Waals surface area contributed by atoms with Crippen molar-refractivity contribution in [1.29, 1.82) is 0 Å². The smallest absolute Gasteiger partial charge is 0.327 e. The topological polar surface area (TPSA) is 156 Å². The number of nitrogens with one attached hydrogen (secondary N) is 2. The second kappa shape index (κ2) is 13.6. The summed E-state index contributed by atoms with van der Waals surface area (Å²) >= 11 is 3.95. The molecule has 5 N–H and O–H groups in total. The Hall–Kier alpha value is -1.59. The van der Waals surface area contributed by atoms with Crippen LogP contribution in [0.25, 0.3) is 0 Å². The summed E-state index contributed by atoms with van der Waals surface area (Å²) in [6.45, 7) is 4.32. The van der Waals surface area contributed by atoms with Crippen molar-refractivity contribution in [2.24, 2.45) is 17.6 Å². The van der Waals surface area contributed by atoms with E-state index in [-0.39, 0.29) is 31.0 Å². The van der Waals surface area contributed by atoms with Crippen LogP contribution in [0.3, 0.4) is 0 Å². The Bertz CT molecular complexity index is 587. The van der Waals surface area contributed by atoms with Gasteiger partial charge in [-0.15, -0.1) is 11.7 Å². The predicted octanol–water partition coefficient (Wildman–Crippen LogP) is 0.178. The van der Waals surface area contributed by atoms with Crippen LogP contribution in [0, 0.1) is 11.8 Å². The number of rotatable bonds is 14. The lowest BCUT2D eigenvalue weighted by atomic mass is 9.98. The van der Waals surface area contributed by atoms with Crippen LogP contribution in [0.4, 0.5) is 0 Å². The van der Waals surface area contributed by atoms with Crippen molar-refractivity contribution >= 4 is 51.8 Å². The Morgan fingerprint density at radius 2 is 1.54 bits per heavy atom. The van der Waals surface area contributed by atoms with Crippen LogP contribution in [-0.2, 0) is 24.0 Å². The zero-order valence-electron chi connectivity index (χ0n) is 16.3. The average Bonchev–Trinajstić information content (AvgIpc) is 2.63. The highest BCUT2D eigenvalue weighted by atomic mass is 33.1. The van der Waals surface area contributed by atoms with Gasteiger partial charge in [0.15, 0.2) is 5.78 Å². The van der Waals surface area contributed by atoms with Gasteiger partial charge in [0.1, 0.15) is 11.8 Å². The number of hydrogen-bond acceptors (Lipinski definition) is 8. The Kier molecular flexibility index (Phi) is 12.8. The van der Waals surface area contributed by atoms with Crippen molar-refractivity contribution in [3.8, 4) is 0 Å². The lowest BCUT2D eigenvalue weighted by Gasteiger charge is -2.19. The molecule has 9 nitrogen and oxygen atoms in total. The third kappa shape index (κ3) is 10.1. The van der Waals surface area contributed by atoms with Gasteiger partial charge in [0.05, 0.1) is 6.04 Å². The zero-order chi connectivity index (χ0) is 21.9. The molecule has 0 spiro atoms. The Morgan fingerprint density at radius 1 is 1.00 bits per heavy atom. The van der Waals surface area contributed by atoms with Crippen molar-refractivity contribution in [3.63, 3.8) is 0 Å². The number of carboxylic acids is 1. The zero-order valence-corrected chi connectivity index (χ0v) is 18.0. The van der Waals surface area contributed by atoms with E-state index in [0.29, 0.717) is 12.2 Å². The summed E-state index contributed by atoms with van der Waals surface area (Å²) in [5.41, 5.74) is 5.28. The number of carbonyl (C=O) groups is 5. The number of aliphatic carboxylic acids is 1. The van der Waals surface area contributed by atoms with Crippen molar-refractivity contribution in [2.45, 2.75) is 52.1 Å². The molecule has 11 heteroatoms. The first-order valence-corrected chi connectivity index (χ1v) is 10.9. The fraction of sp³-hybridized carbons (Fsp3) is 0.706. The molecular formula is C17H29N3O6S2. The maximum absolute atomic E-state index is 12.3. The summed E-state index contributed by atoms with van der Waals surface area (Å²) in [4.78, 5) is 59.0. The predicted molar refractivity (Wildman–Crippen MR) is 110 cm³/mol. The summed E-state index contributed by atoms with van der Waals surface area (Å²) in [5, 5.41) is 13.7. The third-order valence-corrected chi connectivity index (χ3v) is 5.04. The highest BCUT2D eigenvalue weighted by molar-refractivity contribution is 8.68. The number of carboxylic acid groups (broad SMARTS) is 1. The first-order valence-electron chi connectivity index (χ1n) is 8.87. The number of ketones is 2. The van der Waals surface area contributed by atoms with E-state index < -0.39 is 41.7 Å². The van der Waals surface area contributed by atoms with Gasteiger partial charge in [-0.2, -0.15) is 0 Å².